The lowest BCUT2D eigenvalue weighted by Crippen LogP contribution is -2.52. The molecule has 0 bridgehead atoms. The lowest BCUT2D eigenvalue weighted by atomic mass is 9.92. The van der Waals surface area contributed by atoms with E-state index in [9.17, 15) is 19.5 Å². The Balaban J connectivity index is 0.00000235. The fourth-order valence-corrected chi connectivity index (χ4v) is 3.75. The maximum atomic E-state index is 13.1. The van der Waals surface area contributed by atoms with Gasteiger partial charge in [0.2, 0.25) is 5.91 Å². The Hall–Kier alpha value is -2.09. The Morgan fingerprint density at radius 2 is 1.61 bits per heavy atom. The van der Waals surface area contributed by atoms with Gasteiger partial charge in [0, 0.05) is 12.8 Å². The van der Waals surface area contributed by atoms with E-state index in [0.717, 1.165) is 19.3 Å². The van der Waals surface area contributed by atoms with E-state index < -0.39 is 41.5 Å². The topological polar surface area (TPSA) is 119 Å². The van der Waals surface area contributed by atoms with E-state index in [1.165, 1.54) is 11.8 Å². The molecule has 1 saturated heterocycles. The molecule has 2 amide bonds. The van der Waals surface area contributed by atoms with Crippen molar-refractivity contribution in [2.75, 3.05) is 0 Å². The number of allylic oxidation sites excluding steroid dienone is 1. The van der Waals surface area contributed by atoms with Crippen molar-refractivity contribution in [1.29, 1.82) is 0 Å². The van der Waals surface area contributed by atoms with Gasteiger partial charge in [-0.3, -0.25) is 9.69 Å². The summed E-state index contributed by atoms with van der Waals surface area (Å²) in [5.41, 5.74) is 3.11. The van der Waals surface area contributed by atoms with Gasteiger partial charge in [0.05, 0.1) is 12.1 Å². The Kier molecular flexibility index (Phi) is 12.7. The molecular formula is C25H46N2O6. The van der Waals surface area contributed by atoms with Gasteiger partial charge in [-0.05, 0) is 61.3 Å². The first kappa shape index (κ1) is 30.9. The molecule has 192 valence electrons. The van der Waals surface area contributed by atoms with Crippen molar-refractivity contribution in [2.45, 2.75) is 124 Å². The molecule has 8 nitrogen and oxygen atoms in total. The second kappa shape index (κ2) is 13.6. The highest BCUT2D eigenvalue weighted by Crippen LogP contribution is 2.37. The van der Waals surface area contributed by atoms with Crippen molar-refractivity contribution in [3.05, 3.63) is 12.2 Å². The average Bonchev–Trinajstić information content (AvgIpc) is 2.98. The van der Waals surface area contributed by atoms with Crippen LogP contribution in [0.2, 0.25) is 0 Å². The van der Waals surface area contributed by atoms with Gasteiger partial charge < -0.3 is 20.3 Å². The highest BCUT2D eigenvalue weighted by molar-refractivity contribution is 5.83. The summed E-state index contributed by atoms with van der Waals surface area (Å²) in [6.45, 7) is 16.1. The van der Waals surface area contributed by atoms with Crippen LogP contribution in [0.3, 0.4) is 0 Å². The Labute approximate surface area is 199 Å². The van der Waals surface area contributed by atoms with E-state index in [-0.39, 0.29) is 11.8 Å². The fourth-order valence-electron chi connectivity index (χ4n) is 3.75. The molecule has 0 saturated carbocycles. The summed E-state index contributed by atoms with van der Waals surface area (Å²) < 4.78 is 11.2. The molecule has 4 atom stereocenters. The van der Waals surface area contributed by atoms with Gasteiger partial charge >= 0.3 is 12.1 Å². The van der Waals surface area contributed by atoms with Gasteiger partial charge in [0.15, 0.2) is 0 Å². The summed E-state index contributed by atoms with van der Waals surface area (Å²) >= 11 is 0. The van der Waals surface area contributed by atoms with Crippen LogP contribution < -0.4 is 5.73 Å². The van der Waals surface area contributed by atoms with E-state index in [1.807, 2.05) is 19.1 Å². The Morgan fingerprint density at radius 1 is 1.09 bits per heavy atom. The summed E-state index contributed by atoms with van der Waals surface area (Å²) in [6, 6.07) is -1.30. The van der Waals surface area contributed by atoms with E-state index in [0.29, 0.717) is 12.8 Å². The number of aliphatic hydroxyl groups excluding tert-OH is 1. The number of nitrogens with zero attached hydrogens (tertiary/aromatic N) is 1. The molecule has 1 fully saturated rings. The van der Waals surface area contributed by atoms with E-state index in [2.05, 4.69) is 12.7 Å². The third-order valence-electron chi connectivity index (χ3n) is 4.81. The third-order valence-corrected chi connectivity index (χ3v) is 4.81. The first-order valence-electron chi connectivity index (χ1n) is 11.8. The zero-order valence-corrected chi connectivity index (χ0v) is 22.0. The minimum atomic E-state index is -0.781. The van der Waals surface area contributed by atoms with Crippen LogP contribution in [0.5, 0.6) is 0 Å². The number of carbonyl (C=O) groups excluding carboxylic acids is 3. The predicted molar refractivity (Wildman–Crippen MR) is 129 cm³/mol. The molecular weight excluding hydrogens is 424 g/mol. The molecule has 8 heteroatoms. The van der Waals surface area contributed by atoms with Crippen LogP contribution in [0.4, 0.5) is 4.79 Å². The number of hydrogen-bond acceptors (Lipinski definition) is 6. The van der Waals surface area contributed by atoms with E-state index in [1.54, 1.807) is 41.5 Å². The zero-order valence-electron chi connectivity index (χ0n) is 22.0. The van der Waals surface area contributed by atoms with Crippen molar-refractivity contribution in [3.63, 3.8) is 0 Å². The molecule has 0 spiro atoms. The average molecular weight is 471 g/mol. The molecule has 3 N–H and O–H groups in total. The van der Waals surface area contributed by atoms with Gasteiger partial charge in [-0.2, -0.15) is 0 Å². The molecule has 0 aromatic heterocycles. The Morgan fingerprint density at radius 3 is 2.03 bits per heavy atom. The van der Waals surface area contributed by atoms with Crippen LogP contribution in [0, 0.1) is 5.92 Å². The standard InChI is InChI=1S/C23H41NO5.C2H5NO/c1-9-11-12-14-18(25)19-16(13-10-2)15-17(20(26)28-22(3,4)5)24(19)21(27)29-23(6,7)8;1-2(3)4/h10,13,16-19,25H,9,11-12,14-15H2,1-8H3;1H3,(H2,3,4)/t16-,17-,18?,19-;/m1./s1. The van der Waals surface area contributed by atoms with Gasteiger partial charge in [-0.25, -0.2) is 9.59 Å². The maximum absolute atomic E-state index is 13.1. The lowest BCUT2D eigenvalue weighted by molar-refractivity contribution is -0.161. The molecule has 1 rings (SSSR count). The summed E-state index contributed by atoms with van der Waals surface area (Å²) in [6.07, 6.45) is 6.47. The first-order valence-corrected chi connectivity index (χ1v) is 11.8. The number of carbonyl (C=O) groups is 3. The van der Waals surface area contributed by atoms with Crippen molar-refractivity contribution in [2.24, 2.45) is 11.7 Å². The highest BCUT2D eigenvalue weighted by atomic mass is 16.6. The summed E-state index contributed by atoms with van der Waals surface area (Å²) in [4.78, 5) is 36.7. The number of rotatable bonds is 7. The number of primary amides is 1. The lowest BCUT2D eigenvalue weighted by Gasteiger charge is -2.35. The fraction of sp³-hybridized carbons (Fsp3) is 0.800. The van der Waals surface area contributed by atoms with Crippen molar-refractivity contribution in [3.8, 4) is 0 Å². The second-order valence-electron chi connectivity index (χ2n) is 10.5. The van der Waals surface area contributed by atoms with Crippen LogP contribution in [0.15, 0.2) is 12.2 Å². The number of aliphatic hydroxyl groups is 1. The number of ether oxygens (including phenoxy) is 2. The van der Waals surface area contributed by atoms with Gasteiger partial charge in [0.25, 0.3) is 0 Å². The largest absolute Gasteiger partial charge is 0.458 e. The van der Waals surface area contributed by atoms with Crippen LogP contribution >= 0.6 is 0 Å². The van der Waals surface area contributed by atoms with Crippen LogP contribution in [0.25, 0.3) is 0 Å². The van der Waals surface area contributed by atoms with E-state index in [4.69, 9.17) is 9.47 Å². The summed E-state index contributed by atoms with van der Waals surface area (Å²) in [5, 5.41) is 11.0. The summed E-state index contributed by atoms with van der Waals surface area (Å²) in [5.74, 6) is -0.928. The van der Waals surface area contributed by atoms with Crippen LogP contribution in [-0.4, -0.2) is 57.4 Å². The SMILES string of the molecule is CC(N)=O.CC=C[C@@H]1C[C@H](C(=O)OC(C)(C)C)N(C(=O)OC(C)(C)C)[C@H]1C(O)CCCCC. The molecule has 0 aromatic carbocycles. The van der Waals surface area contributed by atoms with Crippen molar-refractivity contribution in [1.82, 2.24) is 4.90 Å². The first-order chi connectivity index (χ1) is 15.0. The van der Waals surface area contributed by atoms with E-state index >= 15 is 0 Å². The molecule has 1 heterocycles. The molecule has 0 aliphatic carbocycles. The molecule has 33 heavy (non-hydrogen) atoms. The molecule has 1 aliphatic rings. The minimum Gasteiger partial charge on any atom is -0.458 e. The normalized spacial score (nSPS) is 21.9. The van der Waals surface area contributed by atoms with Crippen molar-refractivity contribution >= 4 is 18.0 Å². The number of nitrogens with two attached hydrogens (primary N) is 1. The molecule has 0 radical (unpaired) electrons. The number of likely N-dealkylation sites (tertiary alicyclic amines) is 1. The maximum Gasteiger partial charge on any atom is 0.411 e. The second-order valence-corrected chi connectivity index (χ2v) is 10.5. The number of unbranched alkanes of at least 4 members (excludes halogenated alkanes) is 2. The highest BCUT2D eigenvalue weighted by Gasteiger charge is 2.51. The summed E-state index contributed by atoms with van der Waals surface area (Å²) in [7, 11) is 0. The van der Waals surface area contributed by atoms with Gasteiger partial charge in [-0.1, -0.05) is 38.3 Å². The van der Waals surface area contributed by atoms with Gasteiger partial charge in [0.1, 0.15) is 17.2 Å². The van der Waals surface area contributed by atoms with Gasteiger partial charge in [-0.15, -0.1) is 0 Å². The predicted octanol–water partition coefficient (Wildman–Crippen LogP) is 4.33. The molecule has 0 aromatic rings. The number of amides is 2. The number of hydrogen-bond donors (Lipinski definition) is 2. The molecule has 1 unspecified atom stereocenters. The van der Waals surface area contributed by atoms with Crippen molar-refractivity contribution < 1.29 is 29.0 Å². The minimum absolute atomic E-state index is 0.137. The van der Waals surface area contributed by atoms with Crippen LogP contribution in [0.1, 0.15) is 94.4 Å². The molecule has 1 aliphatic heterocycles. The quantitative estimate of drug-likeness (QED) is 0.325. The monoisotopic (exact) mass is 470 g/mol. The third kappa shape index (κ3) is 12.1. The zero-order chi connectivity index (χ0) is 26.0. The Bertz CT molecular complexity index is 659. The van der Waals surface area contributed by atoms with Crippen LogP contribution in [-0.2, 0) is 19.1 Å². The smallest absolute Gasteiger partial charge is 0.411 e. The number of esters is 1.